The first-order valence-electron chi connectivity index (χ1n) is 27.0. The summed E-state index contributed by atoms with van der Waals surface area (Å²) in [6, 6.07) is 97.2. The van der Waals surface area contributed by atoms with Crippen LogP contribution in [0.4, 0.5) is 0 Å². The lowest BCUT2D eigenvalue weighted by atomic mass is 9.68. The van der Waals surface area contributed by atoms with Gasteiger partial charge in [-0.1, -0.05) is 237 Å². The van der Waals surface area contributed by atoms with E-state index < -0.39 is 5.41 Å². The summed E-state index contributed by atoms with van der Waals surface area (Å²) in [5, 5.41) is 15.2. The van der Waals surface area contributed by atoms with Gasteiger partial charge >= 0.3 is 0 Å². The lowest BCUT2D eigenvalue weighted by Crippen LogP contribution is -2.26. The van der Waals surface area contributed by atoms with Crippen LogP contribution in [-0.4, -0.2) is 8.80 Å². The Morgan fingerprint density at radius 1 is 0.208 bits per heavy atom. The molecule has 1 spiro atoms. The van der Waals surface area contributed by atoms with Gasteiger partial charge in [0.2, 0.25) is 0 Å². The summed E-state index contributed by atoms with van der Waals surface area (Å²) in [4.78, 5) is 0. The molecule has 0 radical (unpaired) electrons. The standard InChI is InChI=1S/C75H42N2/c1-6-37-64-45(18-1)46-19-2-7-38-65(46)75(64)66-39-8-3-20-47(66)52-27-13-36-61(70(52)75)69-50-25-11-23-43(53-28-14-32-57-59-34-16-30-55-48-21-4-9-40-67(48)76(71(53)57)73(55)59)62(50)42-63-44(24-12-26-51(63)69)54-29-15-33-58-60-35-17-31-56-49-22-5-10-41-68(49)77(72(54)58)74(56)60/h1-42H. The van der Waals surface area contributed by atoms with Crippen molar-refractivity contribution in [3.63, 3.8) is 0 Å². The average Bonchev–Trinajstić information content (AvgIpc) is 4.51. The highest BCUT2D eigenvalue weighted by atomic mass is 14.9. The summed E-state index contributed by atoms with van der Waals surface area (Å²) in [5.74, 6) is 0. The minimum atomic E-state index is -0.542. The Morgan fingerprint density at radius 2 is 0.519 bits per heavy atom. The van der Waals surface area contributed by atoms with Crippen LogP contribution in [-0.2, 0) is 5.41 Å². The van der Waals surface area contributed by atoms with Crippen LogP contribution in [0.15, 0.2) is 255 Å². The normalized spacial score (nSPS) is 13.6. The molecule has 2 aliphatic rings. The van der Waals surface area contributed by atoms with E-state index in [0.717, 1.165) is 0 Å². The van der Waals surface area contributed by atoms with Gasteiger partial charge in [-0.25, -0.2) is 0 Å². The average molecular weight is 971 g/mol. The van der Waals surface area contributed by atoms with Gasteiger partial charge in [0.15, 0.2) is 0 Å². The molecule has 0 N–H and O–H groups in total. The first kappa shape index (κ1) is 40.4. The van der Waals surface area contributed by atoms with Crippen LogP contribution in [0, 0.1) is 0 Å². The van der Waals surface area contributed by atoms with Gasteiger partial charge in [0.25, 0.3) is 0 Å². The maximum Gasteiger partial charge on any atom is 0.0731 e. The number of aromatic nitrogens is 2. The molecule has 2 heteroatoms. The Morgan fingerprint density at radius 3 is 1.01 bits per heavy atom. The smallest absolute Gasteiger partial charge is 0.0731 e. The zero-order valence-corrected chi connectivity index (χ0v) is 41.6. The summed E-state index contributed by atoms with van der Waals surface area (Å²) in [5.41, 5.74) is 25.1. The quantitative estimate of drug-likeness (QED) is 0.156. The van der Waals surface area contributed by atoms with Gasteiger partial charge in [0.05, 0.1) is 38.5 Å². The highest BCUT2D eigenvalue weighted by Crippen LogP contribution is 2.65. The Balaban J connectivity index is 0.999. The molecule has 352 valence electrons. The van der Waals surface area contributed by atoms with E-state index in [-0.39, 0.29) is 0 Å². The molecule has 2 nitrogen and oxygen atoms in total. The Kier molecular flexibility index (Phi) is 7.46. The van der Waals surface area contributed by atoms with Gasteiger partial charge in [0.1, 0.15) is 0 Å². The molecule has 4 heterocycles. The second-order valence-electron chi connectivity index (χ2n) is 21.7. The van der Waals surface area contributed by atoms with E-state index >= 15 is 0 Å². The SMILES string of the molecule is c1ccc2c(c1)-c1ccccc1C21c2ccccc2-c2cccc(-c3c4cccc(-c5cccc6c7cccc8c9ccccc9n(c56)c87)c4cc4c(-c5cccc6c7cccc8c9ccccc9n(c56)c87)cccc34)c21. The molecule has 77 heavy (non-hydrogen) atoms. The molecule has 2 aliphatic carbocycles. The fraction of sp³-hybridized carbons (Fsp3) is 0.0133. The first-order valence-corrected chi connectivity index (χ1v) is 27.0. The van der Waals surface area contributed by atoms with Crippen LogP contribution in [0.25, 0.3) is 153 Å². The van der Waals surface area contributed by atoms with Crippen molar-refractivity contribution in [2.24, 2.45) is 0 Å². The van der Waals surface area contributed by atoms with E-state index in [0.29, 0.717) is 0 Å². The van der Waals surface area contributed by atoms with Crippen molar-refractivity contribution in [2.75, 3.05) is 0 Å². The molecule has 13 aromatic carbocycles. The minimum Gasteiger partial charge on any atom is -0.307 e. The number of hydrogen-bond donors (Lipinski definition) is 0. The van der Waals surface area contributed by atoms with Gasteiger partial charge in [-0.15, -0.1) is 0 Å². The van der Waals surface area contributed by atoms with Crippen molar-refractivity contribution in [3.8, 4) is 55.6 Å². The largest absolute Gasteiger partial charge is 0.307 e. The van der Waals surface area contributed by atoms with Crippen LogP contribution in [0.2, 0.25) is 0 Å². The predicted octanol–water partition coefficient (Wildman–Crippen LogP) is 19.6. The number of nitrogens with zero attached hydrogens (tertiary/aromatic N) is 2. The van der Waals surface area contributed by atoms with Crippen LogP contribution < -0.4 is 0 Å². The monoisotopic (exact) mass is 970 g/mol. The number of rotatable bonds is 3. The molecule has 0 amide bonds. The number of fused-ring (bicyclic) bond motifs is 24. The Labute approximate surface area is 442 Å². The summed E-state index contributed by atoms with van der Waals surface area (Å²) in [6.07, 6.45) is 0. The molecule has 17 aromatic rings. The van der Waals surface area contributed by atoms with E-state index in [1.807, 2.05) is 0 Å². The number of hydrogen-bond acceptors (Lipinski definition) is 0. The summed E-state index contributed by atoms with van der Waals surface area (Å²) < 4.78 is 5.12. The minimum absolute atomic E-state index is 0.542. The topological polar surface area (TPSA) is 8.82 Å². The third kappa shape index (κ3) is 4.73. The summed E-state index contributed by atoms with van der Waals surface area (Å²) >= 11 is 0. The van der Waals surface area contributed by atoms with Crippen molar-refractivity contribution in [1.29, 1.82) is 0 Å². The number of benzene rings is 13. The molecule has 19 rings (SSSR count). The molecule has 4 aromatic heterocycles. The van der Waals surface area contributed by atoms with E-state index in [4.69, 9.17) is 0 Å². The van der Waals surface area contributed by atoms with Gasteiger partial charge in [0, 0.05) is 54.2 Å². The fourth-order valence-electron chi connectivity index (χ4n) is 15.7. The number of para-hydroxylation sites is 6. The van der Waals surface area contributed by atoms with Crippen molar-refractivity contribution < 1.29 is 0 Å². The maximum absolute atomic E-state index is 2.56. The lowest BCUT2D eigenvalue weighted by Gasteiger charge is -2.32. The van der Waals surface area contributed by atoms with E-state index in [2.05, 4.69) is 264 Å². The highest BCUT2D eigenvalue weighted by molar-refractivity contribution is 6.29. The molecule has 0 bridgehead atoms. The first-order chi connectivity index (χ1) is 38.3. The molecule has 0 unspecified atom stereocenters. The molecule has 0 saturated heterocycles. The summed E-state index contributed by atoms with van der Waals surface area (Å²) in [7, 11) is 0. The van der Waals surface area contributed by atoms with E-state index in [9.17, 15) is 0 Å². The zero-order chi connectivity index (χ0) is 49.8. The fourth-order valence-corrected chi connectivity index (χ4v) is 15.7. The van der Waals surface area contributed by atoms with Crippen LogP contribution >= 0.6 is 0 Å². The highest BCUT2D eigenvalue weighted by Gasteiger charge is 2.52. The van der Waals surface area contributed by atoms with E-state index in [1.165, 1.54) is 176 Å². The van der Waals surface area contributed by atoms with Crippen LogP contribution in [0.3, 0.4) is 0 Å². The lowest BCUT2D eigenvalue weighted by molar-refractivity contribution is 0.796. The molecule has 0 aliphatic heterocycles. The Bertz CT molecular complexity index is 5170. The van der Waals surface area contributed by atoms with Crippen molar-refractivity contribution in [2.45, 2.75) is 5.41 Å². The van der Waals surface area contributed by atoms with Gasteiger partial charge in [-0.2, -0.15) is 0 Å². The Hall–Kier alpha value is -10.0. The predicted molar refractivity (Wildman–Crippen MR) is 323 cm³/mol. The van der Waals surface area contributed by atoms with Gasteiger partial charge in [-0.3, -0.25) is 0 Å². The third-order valence-electron chi connectivity index (χ3n) is 18.4. The molecule has 0 atom stereocenters. The van der Waals surface area contributed by atoms with Gasteiger partial charge < -0.3 is 8.80 Å². The maximum atomic E-state index is 2.56. The van der Waals surface area contributed by atoms with Crippen LogP contribution in [0.1, 0.15) is 22.3 Å². The second kappa shape index (κ2) is 14.2. The molecule has 0 fully saturated rings. The second-order valence-corrected chi connectivity index (χ2v) is 21.7. The molecular weight excluding hydrogens is 929 g/mol. The summed E-state index contributed by atoms with van der Waals surface area (Å²) in [6.45, 7) is 0. The van der Waals surface area contributed by atoms with Crippen molar-refractivity contribution in [1.82, 2.24) is 8.80 Å². The van der Waals surface area contributed by atoms with Gasteiger partial charge in [-0.05, 0) is 107 Å². The van der Waals surface area contributed by atoms with E-state index in [1.54, 1.807) is 0 Å². The molecular formula is C75H42N2. The van der Waals surface area contributed by atoms with Crippen molar-refractivity contribution in [3.05, 3.63) is 277 Å². The van der Waals surface area contributed by atoms with Crippen molar-refractivity contribution >= 4 is 97.7 Å². The van der Waals surface area contributed by atoms with Crippen LogP contribution in [0.5, 0.6) is 0 Å². The molecule has 0 saturated carbocycles. The third-order valence-corrected chi connectivity index (χ3v) is 18.4. The zero-order valence-electron chi connectivity index (χ0n) is 41.6.